The van der Waals surface area contributed by atoms with Crippen LogP contribution in [0.5, 0.6) is 5.75 Å². The highest BCUT2D eigenvalue weighted by atomic mass is 19.1. The van der Waals surface area contributed by atoms with E-state index in [1.54, 1.807) is 13.2 Å². The second-order valence-corrected chi connectivity index (χ2v) is 5.18. The second kappa shape index (κ2) is 5.63. The van der Waals surface area contributed by atoms with E-state index in [2.05, 4.69) is 0 Å². The number of ether oxygens (including phenoxy) is 1. The Kier molecular flexibility index (Phi) is 4.09. The average Bonchev–Trinajstić information content (AvgIpc) is 2.40. The molecule has 2 aromatic rings. The quantitative estimate of drug-likeness (QED) is 0.923. The molecule has 0 heterocycles. The van der Waals surface area contributed by atoms with Gasteiger partial charge in [-0.15, -0.1) is 0 Å². The topological polar surface area (TPSA) is 35.2 Å². The Morgan fingerprint density at radius 2 is 1.70 bits per heavy atom. The molecule has 0 bridgehead atoms. The number of methoxy groups -OCH3 is 1. The van der Waals surface area contributed by atoms with E-state index in [1.165, 1.54) is 6.07 Å². The van der Waals surface area contributed by atoms with Gasteiger partial charge in [-0.3, -0.25) is 0 Å². The van der Waals surface area contributed by atoms with Crippen LogP contribution in [0.25, 0.3) is 0 Å². The average molecular weight is 273 g/mol. The molecule has 1 atom stereocenters. The van der Waals surface area contributed by atoms with Crippen LogP contribution in [0.15, 0.2) is 30.3 Å². The first-order valence-corrected chi connectivity index (χ1v) is 6.60. The van der Waals surface area contributed by atoms with Crippen molar-refractivity contribution in [2.24, 2.45) is 5.73 Å². The molecule has 3 heteroatoms. The molecule has 0 amide bonds. The Morgan fingerprint density at radius 3 is 2.30 bits per heavy atom. The molecule has 20 heavy (non-hydrogen) atoms. The lowest BCUT2D eigenvalue weighted by atomic mass is 9.93. The fraction of sp³-hybridized carbons (Fsp3) is 0.294. The summed E-state index contributed by atoms with van der Waals surface area (Å²) in [5.74, 6) is 0.563. The highest BCUT2D eigenvalue weighted by Gasteiger charge is 2.17. The lowest BCUT2D eigenvalue weighted by Crippen LogP contribution is -2.15. The first-order chi connectivity index (χ1) is 9.43. The van der Waals surface area contributed by atoms with E-state index in [-0.39, 0.29) is 5.82 Å². The van der Waals surface area contributed by atoms with Crippen LogP contribution in [0.1, 0.15) is 33.9 Å². The largest absolute Gasteiger partial charge is 0.496 e. The Morgan fingerprint density at radius 1 is 1.00 bits per heavy atom. The zero-order valence-corrected chi connectivity index (χ0v) is 12.3. The smallest absolute Gasteiger partial charge is 0.128 e. The van der Waals surface area contributed by atoms with Crippen LogP contribution in [-0.2, 0) is 0 Å². The number of halogens is 1. The van der Waals surface area contributed by atoms with Crippen molar-refractivity contribution in [3.05, 3.63) is 64.0 Å². The Balaban J connectivity index is 2.48. The van der Waals surface area contributed by atoms with Gasteiger partial charge in [0, 0.05) is 5.56 Å². The summed E-state index contributed by atoms with van der Waals surface area (Å²) < 4.78 is 19.4. The van der Waals surface area contributed by atoms with Gasteiger partial charge in [-0.2, -0.15) is 0 Å². The summed E-state index contributed by atoms with van der Waals surface area (Å²) in [4.78, 5) is 0. The third-order valence-corrected chi connectivity index (χ3v) is 3.61. The standard InChI is InChI=1S/C17H20FNO/c1-10-5-6-13(15(18)7-10)17(19)14-8-12(3)16(20-4)9-11(14)2/h5-9,17H,19H2,1-4H3. The van der Waals surface area contributed by atoms with Crippen LogP contribution in [-0.4, -0.2) is 7.11 Å². The third kappa shape index (κ3) is 2.68. The molecule has 106 valence electrons. The zero-order chi connectivity index (χ0) is 14.9. The van der Waals surface area contributed by atoms with Crippen molar-refractivity contribution in [3.63, 3.8) is 0 Å². The van der Waals surface area contributed by atoms with Crippen LogP contribution in [0.3, 0.4) is 0 Å². The molecule has 0 fully saturated rings. The van der Waals surface area contributed by atoms with Gasteiger partial charge in [0.2, 0.25) is 0 Å². The summed E-state index contributed by atoms with van der Waals surface area (Å²) in [5.41, 5.74) is 10.6. The third-order valence-electron chi connectivity index (χ3n) is 3.61. The molecule has 0 aromatic heterocycles. The molecular weight excluding hydrogens is 253 g/mol. The minimum atomic E-state index is -0.472. The zero-order valence-electron chi connectivity index (χ0n) is 12.3. The van der Waals surface area contributed by atoms with E-state index in [1.807, 2.05) is 39.0 Å². The normalized spacial score (nSPS) is 12.3. The molecule has 0 spiro atoms. The maximum absolute atomic E-state index is 14.1. The van der Waals surface area contributed by atoms with Crippen LogP contribution in [0, 0.1) is 26.6 Å². The van der Waals surface area contributed by atoms with Crippen molar-refractivity contribution in [2.45, 2.75) is 26.8 Å². The van der Waals surface area contributed by atoms with Gasteiger partial charge in [-0.25, -0.2) is 4.39 Å². The van der Waals surface area contributed by atoms with E-state index < -0.39 is 6.04 Å². The molecule has 0 radical (unpaired) electrons. The molecule has 0 aliphatic heterocycles. The first kappa shape index (κ1) is 14.5. The molecular formula is C17H20FNO. The van der Waals surface area contributed by atoms with E-state index in [9.17, 15) is 4.39 Å². The summed E-state index contributed by atoms with van der Waals surface area (Å²) in [7, 11) is 1.64. The highest BCUT2D eigenvalue weighted by Crippen LogP contribution is 2.30. The van der Waals surface area contributed by atoms with Gasteiger partial charge in [0.25, 0.3) is 0 Å². The van der Waals surface area contributed by atoms with E-state index in [4.69, 9.17) is 10.5 Å². The number of nitrogens with two attached hydrogens (primary N) is 1. The summed E-state index contributed by atoms with van der Waals surface area (Å²) >= 11 is 0. The molecule has 0 aliphatic rings. The predicted octanol–water partition coefficient (Wildman–Crippen LogP) is 3.81. The van der Waals surface area contributed by atoms with Crippen LogP contribution in [0.2, 0.25) is 0 Å². The van der Waals surface area contributed by atoms with Crippen molar-refractivity contribution in [1.82, 2.24) is 0 Å². The Labute approximate surface area is 119 Å². The maximum Gasteiger partial charge on any atom is 0.128 e. The molecule has 0 saturated heterocycles. The molecule has 0 aliphatic carbocycles. The van der Waals surface area contributed by atoms with Crippen LogP contribution < -0.4 is 10.5 Å². The van der Waals surface area contributed by atoms with Gasteiger partial charge in [0.1, 0.15) is 11.6 Å². The second-order valence-electron chi connectivity index (χ2n) is 5.18. The number of hydrogen-bond donors (Lipinski definition) is 1. The Bertz CT molecular complexity index is 637. The summed E-state index contributed by atoms with van der Waals surface area (Å²) in [6.07, 6.45) is 0. The summed E-state index contributed by atoms with van der Waals surface area (Å²) in [6.45, 7) is 5.78. The minimum Gasteiger partial charge on any atom is -0.496 e. The molecule has 2 N–H and O–H groups in total. The Hall–Kier alpha value is -1.87. The van der Waals surface area contributed by atoms with Gasteiger partial charge in [-0.05, 0) is 55.2 Å². The van der Waals surface area contributed by atoms with Crippen LogP contribution >= 0.6 is 0 Å². The molecule has 2 rings (SSSR count). The van der Waals surface area contributed by atoms with Gasteiger partial charge < -0.3 is 10.5 Å². The lowest BCUT2D eigenvalue weighted by Gasteiger charge is -2.18. The fourth-order valence-corrected chi connectivity index (χ4v) is 2.42. The van der Waals surface area contributed by atoms with E-state index >= 15 is 0 Å². The molecule has 2 nitrogen and oxygen atoms in total. The van der Waals surface area contributed by atoms with Crippen molar-refractivity contribution < 1.29 is 9.13 Å². The van der Waals surface area contributed by atoms with Crippen molar-refractivity contribution >= 4 is 0 Å². The molecule has 0 saturated carbocycles. The summed E-state index contributed by atoms with van der Waals surface area (Å²) in [5, 5.41) is 0. The maximum atomic E-state index is 14.1. The molecule has 2 aromatic carbocycles. The number of benzene rings is 2. The van der Waals surface area contributed by atoms with Crippen molar-refractivity contribution in [3.8, 4) is 5.75 Å². The minimum absolute atomic E-state index is 0.259. The first-order valence-electron chi connectivity index (χ1n) is 6.60. The van der Waals surface area contributed by atoms with Crippen molar-refractivity contribution in [1.29, 1.82) is 0 Å². The lowest BCUT2D eigenvalue weighted by molar-refractivity contribution is 0.411. The number of hydrogen-bond acceptors (Lipinski definition) is 2. The van der Waals surface area contributed by atoms with E-state index in [0.717, 1.165) is 28.0 Å². The van der Waals surface area contributed by atoms with Gasteiger partial charge in [0.15, 0.2) is 0 Å². The number of aryl methyl sites for hydroxylation is 3. The van der Waals surface area contributed by atoms with E-state index in [0.29, 0.717) is 5.56 Å². The van der Waals surface area contributed by atoms with Gasteiger partial charge in [0.05, 0.1) is 13.2 Å². The predicted molar refractivity (Wildman–Crippen MR) is 79.6 cm³/mol. The molecule has 1 unspecified atom stereocenters. The van der Waals surface area contributed by atoms with Gasteiger partial charge in [-0.1, -0.05) is 18.2 Å². The highest BCUT2D eigenvalue weighted by molar-refractivity contribution is 5.46. The summed E-state index contributed by atoms with van der Waals surface area (Å²) in [6, 6.07) is 8.59. The monoisotopic (exact) mass is 273 g/mol. The SMILES string of the molecule is COc1cc(C)c(C(N)c2ccc(C)cc2F)cc1C. The van der Waals surface area contributed by atoms with Gasteiger partial charge >= 0.3 is 0 Å². The van der Waals surface area contributed by atoms with Crippen LogP contribution in [0.4, 0.5) is 4.39 Å². The fourth-order valence-electron chi connectivity index (χ4n) is 2.42. The van der Waals surface area contributed by atoms with Crippen molar-refractivity contribution in [2.75, 3.05) is 7.11 Å². The number of rotatable bonds is 3.